The van der Waals surface area contributed by atoms with Gasteiger partial charge >= 0.3 is 5.97 Å². The van der Waals surface area contributed by atoms with Gasteiger partial charge in [-0.2, -0.15) is 0 Å². The fourth-order valence-corrected chi connectivity index (χ4v) is 4.24. The molecule has 2 aliphatic rings. The number of piperidine rings is 1. The van der Waals surface area contributed by atoms with Crippen molar-refractivity contribution in [2.75, 3.05) is 25.4 Å². The van der Waals surface area contributed by atoms with Crippen molar-refractivity contribution in [2.24, 2.45) is 0 Å². The number of hydrogen-bond acceptors (Lipinski definition) is 10. The van der Waals surface area contributed by atoms with Gasteiger partial charge in [0.15, 0.2) is 23.8 Å². The van der Waals surface area contributed by atoms with Crippen LogP contribution < -0.4 is 11.1 Å². The van der Waals surface area contributed by atoms with Crippen LogP contribution in [0.4, 0.5) is 5.82 Å². The number of likely N-dealkylation sites (N-methyl/N-ethyl adjacent to an activating group) is 1. The van der Waals surface area contributed by atoms with E-state index >= 15 is 0 Å². The molecule has 5 atom stereocenters. The summed E-state index contributed by atoms with van der Waals surface area (Å²) in [5, 5.41) is 32.8. The van der Waals surface area contributed by atoms with Gasteiger partial charge in [-0.05, 0) is 32.2 Å². The van der Waals surface area contributed by atoms with E-state index < -0.39 is 42.5 Å². The zero-order valence-corrected chi connectivity index (χ0v) is 18.6. The Morgan fingerprint density at radius 1 is 1.29 bits per heavy atom. The third-order valence-corrected chi connectivity index (χ3v) is 5.95. The maximum absolute atomic E-state index is 12.2. The number of hydrogen-bond donors (Lipinski definition) is 5. The fourth-order valence-electron chi connectivity index (χ4n) is 4.24. The number of imidazole rings is 1. The zero-order valence-electron chi connectivity index (χ0n) is 18.6. The molecule has 0 spiro atoms. The number of nitrogens with two attached hydrogens (primary N) is 1. The molecule has 1 amide bonds. The van der Waals surface area contributed by atoms with E-state index in [1.807, 2.05) is 0 Å². The molecule has 0 bridgehead atoms. The highest BCUT2D eigenvalue weighted by atomic mass is 16.6. The molecule has 0 radical (unpaired) electrons. The molecule has 2 aromatic rings. The van der Waals surface area contributed by atoms with Gasteiger partial charge in [0.25, 0.3) is 5.91 Å². The number of aliphatic hydroxyl groups is 2. The number of carboxylic acids is 1. The van der Waals surface area contributed by atoms with Crippen molar-refractivity contribution in [3.63, 3.8) is 0 Å². The van der Waals surface area contributed by atoms with Gasteiger partial charge in [0.2, 0.25) is 5.82 Å². The van der Waals surface area contributed by atoms with Crippen LogP contribution in [0.1, 0.15) is 38.2 Å². The van der Waals surface area contributed by atoms with Crippen molar-refractivity contribution in [2.45, 2.75) is 56.8 Å². The number of fused-ring (bicyclic) bond motifs is 1. The average Bonchev–Trinajstić information content (AvgIpc) is 3.35. The number of ether oxygens (including phenoxy) is 1. The van der Waals surface area contributed by atoms with Crippen LogP contribution in [-0.4, -0.2) is 95.6 Å². The molecule has 4 heterocycles. The quantitative estimate of drug-likeness (QED) is 0.316. The summed E-state index contributed by atoms with van der Waals surface area (Å²) in [6.07, 6.45) is -1.56. The van der Waals surface area contributed by atoms with E-state index in [2.05, 4.69) is 32.1 Å². The van der Waals surface area contributed by atoms with E-state index in [1.165, 1.54) is 10.9 Å². The number of carbonyl (C=O) groups is 2. The third-order valence-electron chi connectivity index (χ3n) is 5.95. The van der Waals surface area contributed by atoms with E-state index in [0.717, 1.165) is 12.8 Å². The van der Waals surface area contributed by atoms with Crippen molar-refractivity contribution >= 4 is 28.9 Å². The average molecular weight is 473 g/mol. The van der Waals surface area contributed by atoms with Crippen LogP contribution in [0.5, 0.6) is 0 Å². The lowest BCUT2D eigenvalue weighted by Crippen LogP contribution is -2.44. The smallest absolute Gasteiger partial charge is 0.320 e. The summed E-state index contributed by atoms with van der Waals surface area (Å²) in [4.78, 5) is 38.1. The Morgan fingerprint density at radius 3 is 2.82 bits per heavy atom. The van der Waals surface area contributed by atoms with E-state index in [1.54, 1.807) is 11.8 Å². The second kappa shape index (κ2) is 9.90. The molecule has 0 aliphatic carbocycles. The predicted octanol–water partition coefficient (Wildman–Crippen LogP) is -1.55. The minimum atomic E-state index is -1.45. The Balaban J connectivity index is 1.58. The maximum Gasteiger partial charge on any atom is 0.320 e. The highest BCUT2D eigenvalue weighted by Gasteiger charge is 2.47. The van der Waals surface area contributed by atoms with E-state index in [4.69, 9.17) is 10.5 Å². The van der Waals surface area contributed by atoms with E-state index in [9.17, 15) is 24.9 Å². The second-order valence-electron chi connectivity index (χ2n) is 8.20. The van der Waals surface area contributed by atoms with Crippen molar-refractivity contribution < 1.29 is 29.6 Å². The first-order valence-electron chi connectivity index (χ1n) is 11.1. The normalized spacial score (nSPS) is 27.3. The molecule has 4 rings (SSSR count). The predicted molar refractivity (Wildman–Crippen MR) is 118 cm³/mol. The molecule has 2 fully saturated rings. The Morgan fingerprint density at radius 2 is 2.09 bits per heavy atom. The first-order chi connectivity index (χ1) is 16.3. The summed E-state index contributed by atoms with van der Waals surface area (Å²) in [6.45, 7) is 2.96. The third kappa shape index (κ3) is 4.53. The number of amides is 1. The van der Waals surface area contributed by atoms with Gasteiger partial charge in [0.05, 0.1) is 12.9 Å². The molecule has 2 aromatic heterocycles. The summed E-state index contributed by atoms with van der Waals surface area (Å²) in [5.74, 6) is 4.46. The van der Waals surface area contributed by atoms with Gasteiger partial charge in [-0.15, -0.1) is 0 Å². The molecule has 0 aromatic carbocycles. The molecule has 13 nitrogen and oxygen atoms in total. The molecule has 2 aliphatic heterocycles. The van der Waals surface area contributed by atoms with Gasteiger partial charge < -0.3 is 31.1 Å². The second-order valence-corrected chi connectivity index (χ2v) is 8.20. The maximum atomic E-state index is 12.2. The van der Waals surface area contributed by atoms with Crippen LogP contribution in [0, 0.1) is 11.8 Å². The number of nitrogens with zero attached hydrogens (tertiary/aromatic N) is 5. The molecule has 0 saturated carbocycles. The minimum Gasteiger partial charge on any atom is -0.480 e. The van der Waals surface area contributed by atoms with Crippen molar-refractivity contribution in [3.05, 3.63) is 12.2 Å². The van der Waals surface area contributed by atoms with Crippen molar-refractivity contribution in [1.82, 2.24) is 29.7 Å². The van der Waals surface area contributed by atoms with Crippen LogP contribution >= 0.6 is 0 Å². The number of aliphatic hydroxyl groups excluding tert-OH is 2. The summed E-state index contributed by atoms with van der Waals surface area (Å²) in [5.41, 5.74) is 6.49. The number of anilines is 1. The largest absolute Gasteiger partial charge is 0.480 e. The van der Waals surface area contributed by atoms with Gasteiger partial charge in [0.1, 0.15) is 23.8 Å². The molecule has 6 N–H and O–H groups in total. The number of rotatable bonds is 5. The first kappa shape index (κ1) is 23.8. The molecular weight excluding hydrogens is 446 g/mol. The zero-order chi connectivity index (χ0) is 24.4. The highest BCUT2D eigenvalue weighted by molar-refractivity contribution is 5.83. The number of carboxylic acid groups (broad SMARTS) is 1. The lowest BCUT2D eigenvalue weighted by molar-refractivity contribution is -0.144. The highest BCUT2D eigenvalue weighted by Crippen LogP contribution is 2.32. The van der Waals surface area contributed by atoms with Gasteiger partial charge in [-0.25, -0.2) is 15.0 Å². The van der Waals surface area contributed by atoms with Gasteiger partial charge in [0, 0.05) is 6.54 Å². The van der Waals surface area contributed by atoms with Crippen molar-refractivity contribution in [3.8, 4) is 11.8 Å². The standard InChI is InChI=1S/C21H27N7O6/c1-2-23-19(31)16-14(29)15(30)20(34-16)28-10-24-13-17(22)25-12(26-18(13)28)7-5-9-27-8-4-3-6-11(27)21(32)33/h10-11,14-16,20,29-30H,2-4,6,8-9H2,1H3,(H,23,31)(H,32,33)(H2,22,25,26). The number of aromatic nitrogens is 4. The lowest BCUT2D eigenvalue weighted by Gasteiger charge is -2.31. The van der Waals surface area contributed by atoms with Crippen LogP contribution in [0.2, 0.25) is 0 Å². The van der Waals surface area contributed by atoms with Crippen molar-refractivity contribution in [1.29, 1.82) is 0 Å². The molecule has 182 valence electrons. The Bertz CT molecular complexity index is 1140. The summed E-state index contributed by atoms with van der Waals surface area (Å²) in [7, 11) is 0. The fraction of sp³-hybridized carbons (Fsp3) is 0.571. The molecule has 34 heavy (non-hydrogen) atoms. The Hall–Kier alpha value is -3.31. The Kier molecular flexibility index (Phi) is 6.94. The van der Waals surface area contributed by atoms with E-state index in [-0.39, 0.29) is 29.4 Å². The molecule has 13 heteroatoms. The molecule has 5 unspecified atom stereocenters. The van der Waals surface area contributed by atoms with E-state index in [0.29, 0.717) is 19.5 Å². The monoisotopic (exact) mass is 473 g/mol. The first-order valence-corrected chi connectivity index (χ1v) is 11.1. The minimum absolute atomic E-state index is 0.0581. The van der Waals surface area contributed by atoms with Crippen LogP contribution in [0.15, 0.2) is 6.33 Å². The molecule has 2 saturated heterocycles. The topological polar surface area (TPSA) is 189 Å². The van der Waals surface area contributed by atoms with Crippen LogP contribution in [-0.2, 0) is 14.3 Å². The van der Waals surface area contributed by atoms with Crippen LogP contribution in [0.3, 0.4) is 0 Å². The number of likely N-dealkylation sites (tertiary alicyclic amines) is 1. The number of nitrogen functional groups attached to an aromatic ring is 1. The Labute approximate surface area is 194 Å². The number of aliphatic carboxylic acids is 1. The number of nitrogens with one attached hydrogen (secondary N) is 1. The van der Waals surface area contributed by atoms with Crippen LogP contribution in [0.25, 0.3) is 11.2 Å². The number of carbonyl (C=O) groups excluding carboxylic acids is 1. The van der Waals surface area contributed by atoms with Gasteiger partial charge in [-0.3, -0.25) is 19.1 Å². The summed E-state index contributed by atoms with van der Waals surface area (Å²) in [6, 6.07) is -0.566. The summed E-state index contributed by atoms with van der Waals surface area (Å²) < 4.78 is 7.01. The lowest BCUT2D eigenvalue weighted by atomic mass is 10.0. The summed E-state index contributed by atoms with van der Waals surface area (Å²) >= 11 is 0. The SMILES string of the molecule is CCNC(=O)C1OC(n2cnc3c(N)nc(C#CCN4CCCCC4C(=O)O)nc32)C(O)C1O. The molecular formula is C21H27N7O6. The van der Waals surface area contributed by atoms with Gasteiger partial charge in [-0.1, -0.05) is 12.3 Å².